The van der Waals surface area contributed by atoms with Crippen LogP contribution >= 0.6 is 0 Å². The minimum absolute atomic E-state index is 0.104. The molecule has 1 aliphatic carbocycles. The highest BCUT2D eigenvalue weighted by Gasteiger charge is 2.22. The number of hydrogen-bond donors (Lipinski definition) is 2. The lowest BCUT2D eigenvalue weighted by molar-refractivity contribution is -0.119. The van der Waals surface area contributed by atoms with Gasteiger partial charge in [-0.15, -0.1) is 0 Å². The summed E-state index contributed by atoms with van der Waals surface area (Å²) in [5.41, 5.74) is 6.39. The van der Waals surface area contributed by atoms with Gasteiger partial charge in [0.05, 0.1) is 11.4 Å². The van der Waals surface area contributed by atoms with Gasteiger partial charge in [-0.3, -0.25) is 15.2 Å². The largest absolute Gasteiger partial charge is 0.381 e. The third kappa shape index (κ3) is 2.67. The first-order valence-corrected chi connectivity index (χ1v) is 7.16. The molecule has 3 rings (SSSR count). The van der Waals surface area contributed by atoms with E-state index in [1.54, 1.807) is 0 Å². The van der Waals surface area contributed by atoms with Crippen LogP contribution in [0.2, 0.25) is 0 Å². The molecule has 2 fully saturated rings. The summed E-state index contributed by atoms with van der Waals surface area (Å²) >= 11 is 0. The monoisotopic (exact) mass is 259 g/mol. The van der Waals surface area contributed by atoms with Crippen LogP contribution in [0.25, 0.3) is 0 Å². The number of nitrogens with one attached hydrogen (secondary N) is 2. The van der Waals surface area contributed by atoms with Crippen LogP contribution in [-0.2, 0) is 4.79 Å². The van der Waals surface area contributed by atoms with Crippen molar-refractivity contribution in [3.8, 4) is 0 Å². The minimum Gasteiger partial charge on any atom is -0.381 e. The fourth-order valence-corrected chi connectivity index (χ4v) is 2.95. The third-order valence-corrected chi connectivity index (χ3v) is 3.98. The van der Waals surface area contributed by atoms with Crippen LogP contribution in [-0.4, -0.2) is 18.5 Å². The summed E-state index contributed by atoms with van der Waals surface area (Å²) in [6.45, 7) is 2.85. The summed E-state index contributed by atoms with van der Waals surface area (Å²) in [6, 6.07) is 6.95. The van der Waals surface area contributed by atoms with Gasteiger partial charge in [-0.25, -0.2) is 0 Å². The second-order valence-corrected chi connectivity index (χ2v) is 5.58. The number of nitrogens with zero attached hydrogens (tertiary/aromatic N) is 1. The van der Waals surface area contributed by atoms with Crippen molar-refractivity contribution in [1.82, 2.24) is 5.43 Å². The van der Waals surface area contributed by atoms with Crippen LogP contribution in [0.3, 0.4) is 0 Å². The fraction of sp³-hybridized carbons (Fsp3) is 0.533. The second-order valence-electron chi connectivity index (χ2n) is 5.58. The molecular formula is C15H21N3O. The number of amides is 1. The molecule has 0 aromatic heterocycles. The van der Waals surface area contributed by atoms with Crippen LogP contribution in [0, 0.1) is 6.92 Å². The molecule has 4 heteroatoms. The van der Waals surface area contributed by atoms with E-state index in [1.807, 2.05) is 5.01 Å². The Bertz CT molecular complexity index is 480. The Morgan fingerprint density at radius 2 is 2.11 bits per heavy atom. The first-order chi connectivity index (χ1) is 9.22. The SMILES string of the molecule is Cc1ccc(N2CCC(=O)N2)c(NC2CCCC2)c1. The van der Waals surface area contributed by atoms with E-state index in [9.17, 15) is 4.79 Å². The van der Waals surface area contributed by atoms with Crippen molar-refractivity contribution in [2.24, 2.45) is 0 Å². The summed E-state index contributed by atoms with van der Waals surface area (Å²) in [5.74, 6) is 0.104. The molecule has 1 saturated carbocycles. The molecule has 2 aliphatic rings. The maximum absolute atomic E-state index is 11.4. The predicted molar refractivity (Wildman–Crippen MR) is 77.2 cm³/mol. The van der Waals surface area contributed by atoms with Crippen LogP contribution in [0.4, 0.5) is 11.4 Å². The number of aryl methyl sites for hydroxylation is 1. The van der Waals surface area contributed by atoms with E-state index in [-0.39, 0.29) is 5.91 Å². The molecule has 0 bridgehead atoms. The maximum Gasteiger partial charge on any atom is 0.240 e. The Morgan fingerprint density at radius 1 is 1.32 bits per heavy atom. The van der Waals surface area contributed by atoms with Crippen LogP contribution in [0.1, 0.15) is 37.7 Å². The lowest BCUT2D eigenvalue weighted by atomic mass is 10.1. The van der Waals surface area contributed by atoms with Crippen molar-refractivity contribution in [3.63, 3.8) is 0 Å². The first-order valence-electron chi connectivity index (χ1n) is 7.16. The van der Waals surface area contributed by atoms with Crippen LogP contribution < -0.4 is 15.8 Å². The molecule has 0 atom stereocenters. The highest BCUT2D eigenvalue weighted by Crippen LogP contribution is 2.31. The summed E-state index contributed by atoms with van der Waals surface area (Å²) in [7, 11) is 0. The van der Waals surface area contributed by atoms with E-state index >= 15 is 0 Å². The van der Waals surface area contributed by atoms with Gasteiger partial charge in [0.25, 0.3) is 0 Å². The molecule has 0 spiro atoms. The van der Waals surface area contributed by atoms with Gasteiger partial charge < -0.3 is 5.32 Å². The third-order valence-electron chi connectivity index (χ3n) is 3.98. The van der Waals surface area contributed by atoms with Gasteiger partial charge in [-0.2, -0.15) is 0 Å². The average Bonchev–Trinajstić information content (AvgIpc) is 3.01. The van der Waals surface area contributed by atoms with E-state index in [1.165, 1.54) is 31.2 Å². The number of benzene rings is 1. The normalized spacial score (nSPS) is 19.8. The summed E-state index contributed by atoms with van der Waals surface area (Å²) < 4.78 is 0. The van der Waals surface area contributed by atoms with Gasteiger partial charge in [0, 0.05) is 19.0 Å². The topological polar surface area (TPSA) is 44.4 Å². The molecule has 1 aromatic carbocycles. The molecule has 1 aromatic rings. The molecule has 102 valence electrons. The standard InChI is InChI=1S/C15H21N3O/c1-11-6-7-14(18-9-8-15(19)17-18)13(10-11)16-12-4-2-3-5-12/h6-7,10,12,16H,2-5,8-9H2,1H3,(H,17,19). The van der Waals surface area contributed by atoms with Crippen molar-refractivity contribution in [2.75, 3.05) is 16.9 Å². The number of hydrogen-bond acceptors (Lipinski definition) is 3. The van der Waals surface area contributed by atoms with Crippen LogP contribution in [0.5, 0.6) is 0 Å². The predicted octanol–water partition coefficient (Wildman–Crippen LogP) is 2.59. The van der Waals surface area contributed by atoms with E-state index in [4.69, 9.17) is 0 Å². The van der Waals surface area contributed by atoms with Crippen LogP contribution in [0.15, 0.2) is 18.2 Å². The molecular weight excluding hydrogens is 238 g/mol. The van der Waals surface area contributed by atoms with E-state index in [0.29, 0.717) is 12.5 Å². The lowest BCUT2D eigenvalue weighted by Gasteiger charge is -2.24. The van der Waals surface area contributed by atoms with Gasteiger partial charge in [0.2, 0.25) is 5.91 Å². The summed E-state index contributed by atoms with van der Waals surface area (Å²) in [4.78, 5) is 11.4. The molecule has 0 radical (unpaired) electrons. The molecule has 4 nitrogen and oxygen atoms in total. The van der Waals surface area contributed by atoms with Crippen molar-refractivity contribution < 1.29 is 4.79 Å². The van der Waals surface area contributed by atoms with Gasteiger partial charge in [0.1, 0.15) is 0 Å². The van der Waals surface area contributed by atoms with E-state index < -0.39 is 0 Å². The summed E-state index contributed by atoms with van der Waals surface area (Å²) in [5, 5.41) is 5.61. The highest BCUT2D eigenvalue weighted by atomic mass is 16.2. The Labute approximate surface area is 114 Å². The van der Waals surface area contributed by atoms with Gasteiger partial charge in [-0.05, 0) is 37.5 Å². The van der Waals surface area contributed by atoms with Gasteiger partial charge in [0.15, 0.2) is 0 Å². The lowest BCUT2D eigenvalue weighted by Crippen LogP contribution is -2.34. The zero-order chi connectivity index (χ0) is 13.2. The molecule has 19 heavy (non-hydrogen) atoms. The van der Waals surface area contributed by atoms with Gasteiger partial charge >= 0.3 is 0 Å². The Hall–Kier alpha value is -1.71. The molecule has 2 N–H and O–H groups in total. The van der Waals surface area contributed by atoms with Crippen molar-refractivity contribution >= 4 is 17.3 Å². The number of carbonyl (C=O) groups is 1. The Balaban J connectivity index is 1.83. The van der Waals surface area contributed by atoms with E-state index in [0.717, 1.165) is 17.9 Å². The van der Waals surface area contributed by atoms with Crippen molar-refractivity contribution in [3.05, 3.63) is 23.8 Å². The minimum atomic E-state index is 0.104. The van der Waals surface area contributed by atoms with Crippen molar-refractivity contribution in [2.45, 2.75) is 45.1 Å². The molecule has 1 heterocycles. The number of hydrazine groups is 1. The number of rotatable bonds is 3. The highest BCUT2D eigenvalue weighted by molar-refractivity contribution is 5.84. The fourth-order valence-electron chi connectivity index (χ4n) is 2.95. The number of carbonyl (C=O) groups excluding carboxylic acids is 1. The summed E-state index contributed by atoms with van der Waals surface area (Å²) in [6.07, 6.45) is 5.72. The Kier molecular flexibility index (Phi) is 3.32. The average molecular weight is 259 g/mol. The quantitative estimate of drug-likeness (QED) is 0.877. The van der Waals surface area contributed by atoms with Gasteiger partial charge in [-0.1, -0.05) is 18.9 Å². The number of anilines is 2. The maximum atomic E-state index is 11.4. The molecule has 1 saturated heterocycles. The smallest absolute Gasteiger partial charge is 0.240 e. The molecule has 1 aliphatic heterocycles. The first kappa shape index (κ1) is 12.3. The van der Waals surface area contributed by atoms with Crippen molar-refractivity contribution in [1.29, 1.82) is 0 Å². The zero-order valence-corrected chi connectivity index (χ0v) is 11.4. The zero-order valence-electron chi connectivity index (χ0n) is 11.4. The van der Waals surface area contributed by atoms with E-state index in [2.05, 4.69) is 35.9 Å². The molecule has 1 amide bonds. The molecule has 0 unspecified atom stereocenters. The second kappa shape index (κ2) is 5.11. The Morgan fingerprint density at radius 3 is 2.79 bits per heavy atom.